The number of para-hydroxylation sites is 2. The summed E-state index contributed by atoms with van der Waals surface area (Å²) in [5.41, 5.74) is 26.0. The van der Waals surface area contributed by atoms with Crippen LogP contribution in [0.4, 0.5) is 51.2 Å². The minimum absolute atomic E-state index is 0.00111. The van der Waals surface area contributed by atoms with Crippen molar-refractivity contribution in [3.05, 3.63) is 228 Å². The molecule has 3 aliphatic rings. The highest BCUT2D eigenvalue weighted by Gasteiger charge is 2.48. The Balaban J connectivity index is 1.27. The van der Waals surface area contributed by atoms with Gasteiger partial charge in [0.15, 0.2) is 0 Å². The molecule has 4 heteroatoms. The monoisotopic (exact) mass is 976 g/mol. The highest BCUT2D eigenvalue weighted by atomic mass is 15.2. The van der Waals surface area contributed by atoms with Crippen molar-refractivity contribution in [3.63, 3.8) is 0 Å². The standard InChI is InChI=1S/C71H70BN3/c1-47-32-33-50(48-24-16-12-17-25-48)40-63(47)75-62-37-35-52(69(5,6)7)42-59(62)72-60-45-57-58(71(10,11)39-38-70(57,8)9)46-64(60)74(61-36-34-51(68(2,3)4)41-56(61)49-26-18-13-19-27-49)65-43-55(44-66(75)67(65)72)73(53-28-20-14-21-29-53)54-30-22-15-23-31-54/h12-37,40-46H,38-39H2,1-11H3. The van der Waals surface area contributed by atoms with Crippen LogP contribution in [0, 0.1) is 6.92 Å². The molecule has 0 spiro atoms. The van der Waals surface area contributed by atoms with Crippen molar-refractivity contribution in [1.82, 2.24) is 0 Å². The van der Waals surface area contributed by atoms with Gasteiger partial charge in [-0.15, -0.1) is 0 Å². The van der Waals surface area contributed by atoms with Gasteiger partial charge in [-0.1, -0.05) is 203 Å². The SMILES string of the molecule is Cc1ccc(-c2ccccc2)cc1N1c2ccc(C(C)(C)C)cc2B2c3cc4c(cc3N(c3ccc(C(C)(C)C)cc3-c3ccccc3)c3cc(N(c5ccccc5)c5ccccc5)cc1c32)C(C)(C)CCC4(C)C. The summed E-state index contributed by atoms with van der Waals surface area (Å²) in [6.45, 7) is 26.2. The molecule has 0 aromatic heterocycles. The summed E-state index contributed by atoms with van der Waals surface area (Å²) in [5.74, 6) is 0. The van der Waals surface area contributed by atoms with E-state index in [9.17, 15) is 0 Å². The molecule has 2 aliphatic heterocycles. The van der Waals surface area contributed by atoms with Gasteiger partial charge in [-0.05, 0) is 169 Å². The van der Waals surface area contributed by atoms with Crippen molar-refractivity contribution >= 4 is 74.3 Å². The van der Waals surface area contributed by atoms with Gasteiger partial charge in [0.2, 0.25) is 0 Å². The number of nitrogens with zero attached hydrogens (tertiary/aromatic N) is 3. The first-order chi connectivity index (χ1) is 35.9. The topological polar surface area (TPSA) is 9.72 Å². The maximum absolute atomic E-state index is 2.69. The summed E-state index contributed by atoms with van der Waals surface area (Å²) < 4.78 is 0. The maximum Gasteiger partial charge on any atom is 0.252 e. The second kappa shape index (κ2) is 17.8. The average molecular weight is 976 g/mol. The van der Waals surface area contributed by atoms with E-state index in [-0.39, 0.29) is 28.4 Å². The van der Waals surface area contributed by atoms with E-state index in [0.717, 1.165) is 29.9 Å². The van der Waals surface area contributed by atoms with Crippen molar-refractivity contribution in [3.8, 4) is 22.3 Å². The molecule has 372 valence electrons. The Morgan fingerprint density at radius 1 is 0.400 bits per heavy atom. The van der Waals surface area contributed by atoms with Crippen molar-refractivity contribution in [2.75, 3.05) is 14.7 Å². The van der Waals surface area contributed by atoms with Gasteiger partial charge in [-0.2, -0.15) is 0 Å². The molecule has 0 amide bonds. The summed E-state index contributed by atoms with van der Waals surface area (Å²) in [6, 6.07) is 76.0. The first kappa shape index (κ1) is 48.4. The van der Waals surface area contributed by atoms with Crippen molar-refractivity contribution in [1.29, 1.82) is 0 Å². The van der Waals surface area contributed by atoms with Gasteiger partial charge in [0.25, 0.3) is 6.71 Å². The quantitative estimate of drug-likeness (QED) is 0.147. The number of anilines is 9. The van der Waals surface area contributed by atoms with Gasteiger partial charge >= 0.3 is 0 Å². The lowest BCUT2D eigenvalue weighted by Gasteiger charge is -2.48. The molecule has 0 saturated carbocycles. The van der Waals surface area contributed by atoms with Gasteiger partial charge in [0, 0.05) is 45.4 Å². The third-order valence-electron chi connectivity index (χ3n) is 16.9. The van der Waals surface area contributed by atoms with Gasteiger partial charge in [0.1, 0.15) is 0 Å². The average Bonchev–Trinajstić information content (AvgIpc) is 3.45. The molecule has 0 unspecified atom stereocenters. The number of hydrogen-bond acceptors (Lipinski definition) is 3. The summed E-state index contributed by atoms with van der Waals surface area (Å²) >= 11 is 0. The van der Waals surface area contributed by atoms with Crippen LogP contribution in [0.5, 0.6) is 0 Å². The molecule has 0 atom stereocenters. The van der Waals surface area contributed by atoms with E-state index in [2.05, 4.69) is 291 Å². The van der Waals surface area contributed by atoms with Crippen LogP contribution in [0.25, 0.3) is 22.3 Å². The Labute approximate surface area is 447 Å². The molecule has 0 saturated heterocycles. The fourth-order valence-electron chi connectivity index (χ4n) is 12.5. The lowest BCUT2D eigenvalue weighted by Crippen LogP contribution is -2.62. The fraction of sp³-hybridized carbons (Fsp3) is 0.239. The molecule has 9 aromatic carbocycles. The van der Waals surface area contributed by atoms with E-state index in [1.54, 1.807) is 0 Å². The molecule has 2 heterocycles. The number of benzene rings is 9. The minimum atomic E-state index is -0.0768. The van der Waals surface area contributed by atoms with Crippen LogP contribution in [-0.4, -0.2) is 6.71 Å². The Kier molecular flexibility index (Phi) is 11.5. The molecule has 9 aromatic rings. The highest BCUT2D eigenvalue weighted by molar-refractivity contribution is 7.00. The summed E-state index contributed by atoms with van der Waals surface area (Å²) in [5, 5.41) is 0. The van der Waals surface area contributed by atoms with Crippen LogP contribution in [-0.2, 0) is 21.7 Å². The first-order valence-corrected chi connectivity index (χ1v) is 27.3. The maximum atomic E-state index is 2.69. The molecule has 0 fully saturated rings. The molecule has 0 N–H and O–H groups in total. The lowest BCUT2D eigenvalue weighted by atomic mass is 9.33. The minimum Gasteiger partial charge on any atom is -0.311 e. The Hall–Kier alpha value is -7.56. The summed E-state index contributed by atoms with van der Waals surface area (Å²) in [4.78, 5) is 7.79. The third-order valence-corrected chi connectivity index (χ3v) is 16.9. The summed E-state index contributed by atoms with van der Waals surface area (Å²) in [6.07, 6.45) is 2.27. The molecule has 12 rings (SSSR count). The van der Waals surface area contributed by atoms with E-state index in [1.807, 2.05) is 0 Å². The van der Waals surface area contributed by atoms with Crippen LogP contribution in [0.1, 0.15) is 110 Å². The van der Waals surface area contributed by atoms with Gasteiger partial charge in [-0.25, -0.2) is 0 Å². The predicted molar refractivity (Wildman–Crippen MR) is 323 cm³/mol. The van der Waals surface area contributed by atoms with Crippen molar-refractivity contribution in [2.24, 2.45) is 0 Å². The number of hydrogen-bond donors (Lipinski definition) is 0. The highest BCUT2D eigenvalue weighted by Crippen LogP contribution is 2.54. The van der Waals surface area contributed by atoms with Crippen molar-refractivity contribution in [2.45, 2.75) is 111 Å². The molecule has 1 aliphatic carbocycles. The third kappa shape index (κ3) is 8.29. The number of rotatable bonds is 7. The van der Waals surface area contributed by atoms with Gasteiger partial charge < -0.3 is 14.7 Å². The van der Waals surface area contributed by atoms with Crippen LogP contribution in [0.15, 0.2) is 200 Å². The Morgan fingerprint density at radius 2 is 0.880 bits per heavy atom. The molecule has 3 nitrogen and oxygen atoms in total. The zero-order valence-corrected chi connectivity index (χ0v) is 45.9. The molecule has 0 bridgehead atoms. The van der Waals surface area contributed by atoms with Gasteiger partial charge in [-0.3, -0.25) is 0 Å². The molecular formula is C71H70BN3. The van der Waals surface area contributed by atoms with Crippen LogP contribution < -0.4 is 31.1 Å². The predicted octanol–water partition coefficient (Wildman–Crippen LogP) is 17.8. The van der Waals surface area contributed by atoms with Crippen molar-refractivity contribution < 1.29 is 0 Å². The molecule has 75 heavy (non-hydrogen) atoms. The van der Waals surface area contributed by atoms with Crippen LogP contribution in [0.3, 0.4) is 0 Å². The smallest absolute Gasteiger partial charge is 0.252 e. The molecule has 0 radical (unpaired) electrons. The second-order valence-corrected chi connectivity index (χ2v) is 25.0. The zero-order valence-electron chi connectivity index (χ0n) is 45.9. The van der Waals surface area contributed by atoms with Gasteiger partial charge in [0.05, 0.1) is 11.4 Å². The van der Waals surface area contributed by atoms with Crippen LogP contribution >= 0.6 is 0 Å². The number of aryl methyl sites for hydroxylation is 1. The van der Waals surface area contributed by atoms with E-state index in [0.29, 0.717) is 0 Å². The van der Waals surface area contributed by atoms with E-state index < -0.39 is 0 Å². The largest absolute Gasteiger partial charge is 0.311 e. The normalized spacial score (nSPS) is 15.2. The first-order valence-electron chi connectivity index (χ1n) is 27.3. The molecular weight excluding hydrogens is 906 g/mol. The zero-order chi connectivity index (χ0) is 52.2. The van der Waals surface area contributed by atoms with E-state index in [4.69, 9.17) is 0 Å². The Morgan fingerprint density at radius 3 is 1.44 bits per heavy atom. The lowest BCUT2D eigenvalue weighted by molar-refractivity contribution is 0.332. The number of fused-ring (bicyclic) bond motifs is 5. The van der Waals surface area contributed by atoms with E-state index >= 15 is 0 Å². The fourth-order valence-corrected chi connectivity index (χ4v) is 12.5. The summed E-state index contributed by atoms with van der Waals surface area (Å²) in [7, 11) is 0. The second-order valence-electron chi connectivity index (χ2n) is 25.0. The van der Waals surface area contributed by atoms with E-state index in [1.165, 1.54) is 101 Å². The Bertz CT molecular complexity index is 3600. The van der Waals surface area contributed by atoms with Crippen LogP contribution in [0.2, 0.25) is 0 Å².